The molecule has 9 heteroatoms. The molecule has 0 spiro atoms. The highest BCUT2D eigenvalue weighted by Crippen LogP contribution is 2.30. The van der Waals surface area contributed by atoms with Gasteiger partial charge in [-0.15, -0.1) is 4.72 Å². The monoisotopic (exact) mass is 422 g/mol. The van der Waals surface area contributed by atoms with Gasteiger partial charge in [-0.2, -0.15) is 0 Å². The zero-order valence-electron chi connectivity index (χ0n) is 17.2. The molecule has 2 aromatic rings. The standard InChI is InChI=1S/C20H27FN4O3S/c1-12(23-29(27)20(2,3)4)15-9-13(21)10-16-17(15)22-19-24-7-8-28-11-14(24)5-6-25(19)18(16)26/h9-10,12,14,23H,5-8,11H2,1-4H3/t12-,14+,29-/m1/s1. The third kappa shape index (κ3) is 3.76. The van der Waals surface area contributed by atoms with Crippen molar-refractivity contribution in [3.05, 3.63) is 33.9 Å². The Labute approximate surface area is 172 Å². The molecule has 0 radical (unpaired) electrons. The summed E-state index contributed by atoms with van der Waals surface area (Å²) in [5, 5.41) is 0.255. The van der Waals surface area contributed by atoms with Gasteiger partial charge in [0.1, 0.15) is 10.6 Å². The Kier molecular flexibility index (Phi) is 5.35. The number of hydrogen-bond acceptors (Lipinski definition) is 6. The highest BCUT2D eigenvalue weighted by molar-refractivity contribution is 7.90. The van der Waals surface area contributed by atoms with E-state index in [0.29, 0.717) is 43.3 Å². The van der Waals surface area contributed by atoms with Crippen LogP contribution in [0.15, 0.2) is 16.9 Å². The van der Waals surface area contributed by atoms with Crippen LogP contribution in [0, 0.1) is 5.82 Å². The molecule has 4 rings (SSSR count). The molecule has 2 aliphatic rings. The van der Waals surface area contributed by atoms with Crippen LogP contribution in [0.2, 0.25) is 0 Å². The summed E-state index contributed by atoms with van der Waals surface area (Å²) >= 11 is -1.34. The molecule has 0 amide bonds. The Balaban J connectivity index is 1.84. The molecule has 29 heavy (non-hydrogen) atoms. The number of ether oxygens (including phenoxy) is 1. The fourth-order valence-electron chi connectivity index (χ4n) is 3.89. The largest absolute Gasteiger partial charge is 0.598 e. The van der Waals surface area contributed by atoms with Gasteiger partial charge in [-0.3, -0.25) is 9.36 Å². The normalized spacial score (nSPS) is 21.6. The van der Waals surface area contributed by atoms with Crippen LogP contribution in [0.25, 0.3) is 10.9 Å². The molecule has 158 valence electrons. The van der Waals surface area contributed by atoms with Crippen molar-refractivity contribution >= 4 is 28.2 Å². The fraction of sp³-hybridized carbons (Fsp3) is 0.600. The smallest absolute Gasteiger partial charge is 0.262 e. The lowest BCUT2D eigenvalue weighted by atomic mass is 10.0. The number of morpholine rings is 1. The van der Waals surface area contributed by atoms with E-state index in [0.717, 1.165) is 6.42 Å². The highest BCUT2D eigenvalue weighted by atomic mass is 32.2. The topological polar surface area (TPSA) is 82.4 Å². The van der Waals surface area contributed by atoms with Crippen molar-refractivity contribution in [1.29, 1.82) is 0 Å². The SMILES string of the molecule is C[C@@H](N[S@+]([O-])C(C)(C)C)c1cc(F)cc2c(=O)n3c(nc12)N1CCOC[C@@H]1CC3. The lowest BCUT2D eigenvalue weighted by Crippen LogP contribution is -2.52. The second kappa shape index (κ2) is 7.54. The van der Waals surface area contributed by atoms with Crippen LogP contribution in [-0.4, -0.2) is 44.7 Å². The second-order valence-corrected chi connectivity index (χ2v) is 10.7. The molecule has 0 unspecified atom stereocenters. The van der Waals surface area contributed by atoms with E-state index in [1.807, 2.05) is 27.7 Å². The Hall–Kier alpha value is -1.68. The molecule has 7 nitrogen and oxygen atoms in total. The summed E-state index contributed by atoms with van der Waals surface area (Å²) in [6.45, 7) is 9.82. The third-order valence-corrected chi connectivity index (χ3v) is 7.19. The third-order valence-electron chi connectivity index (χ3n) is 5.51. The van der Waals surface area contributed by atoms with E-state index in [1.54, 1.807) is 4.57 Å². The maximum Gasteiger partial charge on any atom is 0.262 e. The van der Waals surface area contributed by atoms with Gasteiger partial charge in [0.15, 0.2) is 0 Å². The van der Waals surface area contributed by atoms with Gasteiger partial charge in [0.2, 0.25) is 5.95 Å². The lowest BCUT2D eigenvalue weighted by Gasteiger charge is -2.41. The summed E-state index contributed by atoms with van der Waals surface area (Å²) in [7, 11) is 0. The Bertz CT molecular complexity index is 990. The van der Waals surface area contributed by atoms with Gasteiger partial charge in [0, 0.05) is 30.0 Å². The molecule has 1 saturated heterocycles. The van der Waals surface area contributed by atoms with E-state index >= 15 is 0 Å². The number of aromatic nitrogens is 2. The fourth-order valence-corrected chi connectivity index (χ4v) is 4.69. The first-order valence-electron chi connectivity index (χ1n) is 9.93. The summed E-state index contributed by atoms with van der Waals surface area (Å²) < 4.78 is 36.7. The zero-order chi connectivity index (χ0) is 20.9. The number of hydrogen-bond donors (Lipinski definition) is 1. The minimum Gasteiger partial charge on any atom is -0.598 e. The number of benzene rings is 1. The van der Waals surface area contributed by atoms with Crippen LogP contribution < -0.4 is 15.2 Å². The predicted octanol–water partition coefficient (Wildman–Crippen LogP) is 2.26. The quantitative estimate of drug-likeness (QED) is 0.764. The van der Waals surface area contributed by atoms with Crippen molar-refractivity contribution in [2.24, 2.45) is 0 Å². The minimum atomic E-state index is -1.34. The van der Waals surface area contributed by atoms with Gasteiger partial charge in [0.25, 0.3) is 5.56 Å². The van der Waals surface area contributed by atoms with E-state index in [2.05, 4.69) is 9.62 Å². The summed E-state index contributed by atoms with van der Waals surface area (Å²) in [6, 6.07) is 2.39. The van der Waals surface area contributed by atoms with E-state index in [9.17, 15) is 13.7 Å². The molecular formula is C20H27FN4O3S. The molecule has 0 aliphatic carbocycles. The van der Waals surface area contributed by atoms with Gasteiger partial charge in [-0.05, 0) is 46.2 Å². The molecule has 2 aliphatic heterocycles. The summed E-state index contributed by atoms with van der Waals surface area (Å²) in [4.78, 5) is 20.1. The Morgan fingerprint density at radius 2 is 2.14 bits per heavy atom. The Morgan fingerprint density at radius 1 is 1.38 bits per heavy atom. The zero-order valence-corrected chi connectivity index (χ0v) is 18.0. The van der Waals surface area contributed by atoms with Crippen LogP contribution >= 0.6 is 0 Å². The predicted molar refractivity (Wildman–Crippen MR) is 112 cm³/mol. The number of nitrogens with zero attached hydrogens (tertiary/aromatic N) is 3. The van der Waals surface area contributed by atoms with Crippen molar-refractivity contribution in [2.75, 3.05) is 24.7 Å². The molecule has 1 aromatic heterocycles. The van der Waals surface area contributed by atoms with Crippen molar-refractivity contribution in [2.45, 2.75) is 57.5 Å². The number of rotatable bonds is 3. The van der Waals surface area contributed by atoms with E-state index < -0.39 is 28.0 Å². The van der Waals surface area contributed by atoms with Crippen LogP contribution in [-0.2, 0) is 22.6 Å². The first-order valence-corrected chi connectivity index (χ1v) is 11.1. The molecule has 1 aromatic carbocycles. The molecule has 1 fully saturated rings. The van der Waals surface area contributed by atoms with Crippen LogP contribution in [0.1, 0.15) is 45.7 Å². The van der Waals surface area contributed by atoms with Crippen LogP contribution in [0.5, 0.6) is 0 Å². The second-order valence-electron chi connectivity index (χ2n) is 8.69. The highest BCUT2D eigenvalue weighted by Gasteiger charge is 2.33. The van der Waals surface area contributed by atoms with Gasteiger partial charge in [-0.25, -0.2) is 9.37 Å². The van der Waals surface area contributed by atoms with Gasteiger partial charge >= 0.3 is 0 Å². The molecular weight excluding hydrogens is 395 g/mol. The van der Waals surface area contributed by atoms with Gasteiger partial charge < -0.3 is 14.2 Å². The van der Waals surface area contributed by atoms with E-state index in [4.69, 9.17) is 9.72 Å². The van der Waals surface area contributed by atoms with Crippen molar-refractivity contribution in [3.63, 3.8) is 0 Å². The first-order chi connectivity index (χ1) is 13.7. The van der Waals surface area contributed by atoms with Crippen LogP contribution in [0.4, 0.5) is 10.3 Å². The van der Waals surface area contributed by atoms with Crippen molar-refractivity contribution in [1.82, 2.24) is 14.3 Å². The maximum absolute atomic E-state index is 14.4. The molecule has 0 bridgehead atoms. The summed E-state index contributed by atoms with van der Waals surface area (Å²) in [6.07, 6.45) is 0.796. The number of halogens is 1. The van der Waals surface area contributed by atoms with E-state index in [-0.39, 0.29) is 17.0 Å². The summed E-state index contributed by atoms with van der Waals surface area (Å²) in [5.74, 6) is 0.112. The van der Waals surface area contributed by atoms with Gasteiger partial charge in [-0.1, -0.05) is 0 Å². The lowest BCUT2D eigenvalue weighted by molar-refractivity contribution is 0.0844. The van der Waals surface area contributed by atoms with Gasteiger partial charge in [0.05, 0.1) is 36.2 Å². The van der Waals surface area contributed by atoms with Crippen molar-refractivity contribution < 1.29 is 13.7 Å². The molecule has 3 heterocycles. The average Bonchev–Trinajstić information content (AvgIpc) is 2.67. The average molecular weight is 423 g/mol. The summed E-state index contributed by atoms with van der Waals surface area (Å²) in [5.41, 5.74) is 0.758. The number of fused-ring (bicyclic) bond motifs is 4. The van der Waals surface area contributed by atoms with Crippen molar-refractivity contribution in [3.8, 4) is 0 Å². The molecule has 3 atom stereocenters. The molecule has 0 saturated carbocycles. The number of nitrogens with one attached hydrogen (secondary N) is 1. The minimum absolute atomic E-state index is 0.195. The molecule has 1 N–H and O–H groups in total. The first kappa shape index (κ1) is 20.6. The Morgan fingerprint density at radius 3 is 2.86 bits per heavy atom. The maximum atomic E-state index is 14.4. The van der Waals surface area contributed by atoms with Crippen LogP contribution in [0.3, 0.4) is 0 Å². The number of anilines is 1. The van der Waals surface area contributed by atoms with E-state index in [1.165, 1.54) is 12.1 Å².